The first-order chi connectivity index (χ1) is 6.22. The highest BCUT2D eigenvalue weighted by molar-refractivity contribution is 7.18. The minimum absolute atomic E-state index is 0.639. The summed E-state index contributed by atoms with van der Waals surface area (Å²) in [6, 6.07) is 0. The quantitative estimate of drug-likeness (QED) is 0.724. The van der Waals surface area contributed by atoms with Crippen LogP contribution in [0.15, 0.2) is 6.20 Å². The van der Waals surface area contributed by atoms with Crippen molar-refractivity contribution >= 4 is 33.1 Å². The van der Waals surface area contributed by atoms with E-state index in [0.29, 0.717) is 5.69 Å². The van der Waals surface area contributed by atoms with Gasteiger partial charge in [-0.15, -0.1) is 0 Å². The second-order valence-corrected chi connectivity index (χ2v) is 3.91. The molecule has 68 valence electrons. The van der Waals surface area contributed by atoms with Gasteiger partial charge in [0.1, 0.15) is 10.3 Å². The predicted molar refractivity (Wildman–Crippen MR) is 56.1 cm³/mol. The number of aryl methyl sites for hydroxylation is 1. The number of nitrogens with zero attached hydrogens (tertiary/aromatic N) is 2. The third-order valence-electron chi connectivity index (χ3n) is 1.81. The molecular formula is C8H10N4S. The third kappa shape index (κ3) is 1.21. The Morgan fingerprint density at radius 3 is 3.00 bits per heavy atom. The summed E-state index contributed by atoms with van der Waals surface area (Å²) in [5, 5.41) is 4.04. The van der Waals surface area contributed by atoms with Gasteiger partial charge in [0.25, 0.3) is 0 Å². The fraction of sp³-hybridized carbons (Fsp3) is 0.250. The smallest absolute Gasteiger partial charge is 0.145 e. The van der Waals surface area contributed by atoms with Gasteiger partial charge in [-0.2, -0.15) is 0 Å². The molecule has 0 aromatic carbocycles. The Morgan fingerprint density at radius 1 is 1.54 bits per heavy atom. The molecule has 2 rings (SSSR count). The Morgan fingerprint density at radius 2 is 2.31 bits per heavy atom. The minimum Gasteiger partial charge on any atom is -0.396 e. The molecule has 0 amide bonds. The van der Waals surface area contributed by atoms with E-state index in [9.17, 15) is 0 Å². The molecule has 0 aliphatic rings. The molecule has 2 aromatic rings. The zero-order chi connectivity index (χ0) is 9.42. The number of thiazole rings is 1. The molecule has 0 bridgehead atoms. The molecule has 0 saturated heterocycles. The van der Waals surface area contributed by atoms with E-state index in [1.54, 1.807) is 17.5 Å². The predicted octanol–water partition coefficient (Wildman–Crippen LogP) is 1.62. The van der Waals surface area contributed by atoms with Crippen molar-refractivity contribution in [3.8, 4) is 0 Å². The lowest BCUT2D eigenvalue weighted by Gasteiger charge is -2.03. The molecule has 2 heterocycles. The van der Waals surface area contributed by atoms with E-state index in [1.807, 2.05) is 14.0 Å². The lowest BCUT2D eigenvalue weighted by molar-refractivity contribution is 1.32. The molecule has 0 unspecified atom stereocenters. The maximum Gasteiger partial charge on any atom is 0.145 e. The van der Waals surface area contributed by atoms with Gasteiger partial charge in [0.2, 0.25) is 0 Å². The highest BCUT2D eigenvalue weighted by Crippen LogP contribution is 2.29. The van der Waals surface area contributed by atoms with Crippen molar-refractivity contribution in [2.24, 2.45) is 0 Å². The number of fused-ring (bicyclic) bond motifs is 1. The number of nitrogens with one attached hydrogen (secondary N) is 1. The van der Waals surface area contributed by atoms with Crippen LogP contribution < -0.4 is 11.1 Å². The minimum atomic E-state index is 0.639. The fourth-order valence-electron chi connectivity index (χ4n) is 1.26. The zero-order valence-corrected chi connectivity index (χ0v) is 8.27. The van der Waals surface area contributed by atoms with E-state index in [2.05, 4.69) is 15.3 Å². The maximum absolute atomic E-state index is 5.75. The summed E-state index contributed by atoms with van der Waals surface area (Å²) in [7, 11) is 1.83. The molecule has 13 heavy (non-hydrogen) atoms. The van der Waals surface area contributed by atoms with E-state index < -0.39 is 0 Å². The van der Waals surface area contributed by atoms with Crippen LogP contribution >= 0.6 is 11.3 Å². The normalized spacial score (nSPS) is 10.6. The average Bonchev–Trinajstić information content (AvgIpc) is 2.45. The van der Waals surface area contributed by atoms with Crippen LogP contribution in [-0.4, -0.2) is 17.0 Å². The van der Waals surface area contributed by atoms with Crippen molar-refractivity contribution in [3.63, 3.8) is 0 Å². The summed E-state index contributed by atoms with van der Waals surface area (Å²) in [5.74, 6) is 0. The van der Waals surface area contributed by atoms with Crippen LogP contribution in [0.5, 0.6) is 0 Å². The van der Waals surface area contributed by atoms with E-state index in [-0.39, 0.29) is 0 Å². The van der Waals surface area contributed by atoms with Gasteiger partial charge in [0.15, 0.2) is 0 Å². The summed E-state index contributed by atoms with van der Waals surface area (Å²) in [4.78, 5) is 9.49. The van der Waals surface area contributed by atoms with Gasteiger partial charge in [0, 0.05) is 7.05 Å². The molecule has 0 spiro atoms. The maximum atomic E-state index is 5.75. The van der Waals surface area contributed by atoms with E-state index in [1.165, 1.54) is 0 Å². The molecule has 0 saturated carbocycles. The van der Waals surface area contributed by atoms with Crippen molar-refractivity contribution in [1.82, 2.24) is 9.97 Å². The molecule has 5 heteroatoms. The summed E-state index contributed by atoms with van der Waals surface area (Å²) in [6.45, 7) is 1.96. The topological polar surface area (TPSA) is 63.8 Å². The van der Waals surface area contributed by atoms with E-state index in [0.717, 1.165) is 21.0 Å². The summed E-state index contributed by atoms with van der Waals surface area (Å²) >= 11 is 1.57. The Labute approximate surface area is 79.8 Å². The molecule has 0 aliphatic heterocycles. The van der Waals surface area contributed by atoms with Crippen molar-refractivity contribution < 1.29 is 0 Å². The van der Waals surface area contributed by atoms with Crippen LogP contribution in [0.3, 0.4) is 0 Å². The van der Waals surface area contributed by atoms with Gasteiger partial charge in [-0.25, -0.2) is 9.97 Å². The van der Waals surface area contributed by atoms with Crippen molar-refractivity contribution in [3.05, 3.63) is 11.2 Å². The third-order valence-corrected chi connectivity index (χ3v) is 2.69. The summed E-state index contributed by atoms with van der Waals surface area (Å²) in [6.07, 6.45) is 1.66. The number of hydrogen-bond acceptors (Lipinski definition) is 5. The van der Waals surface area contributed by atoms with Gasteiger partial charge in [0.05, 0.1) is 22.6 Å². The van der Waals surface area contributed by atoms with Crippen LogP contribution in [0.2, 0.25) is 0 Å². The van der Waals surface area contributed by atoms with Gasteiger partial charge < -0.3 is 11.1 Å². The Hall–Kier alpha value is -1.36. The number of nitrogens with two attached hydrogens (primary N) is 1. The van der Waals surface area contributed by atoms with Crippen LogP contribution in [-0.2, 0) is 0 Å². The monoisotopic (exact) mass is 194 g/mol. The number of nitrogen functional groups attached to an aromatic ring is 1. The number of rotatable bonds is 1. The number of pyridine rings is 1. The molecule has 2 aromatic heterocycles. The highest BCUT2D eigenvalue weighted by Gasteiger charge is 2.08. The lowest BCUT2D eigenvalue weighted by atomic mass is 10.3. The number of hydrogen-bond donors (Lipinski definition) is 2. The first-order valence-corrected chi connectivity index (χ1v) is 4.73. The van der Waals surface area contributed by atoms with Gasteiger partial charge in [-0.1, -0.05) is 11.3 Å². The number of aromatic nitrogens is 2. The molecule has 0 atom stereocenters. The first kappa shape index (κ1) is 8.25. The van der Waals surface area contributed by atoms with Crippen molar-refractivity contribution in [2.75, 3.05) is 18.1 Å². The van der Waals surface area contributed by atoms with E-state index in [4.69, 9.17) is 5.73 Å². The summed E-state index contributed by atoms with van der Waals surface area (Å²) in [5.41, 5.74) is 8.12. The SMILES string of the molecule is CNc1c(N)cnc2sc(C)nc12. The highest BCUT2D eigenvalue weighted by atomic mass is 32.1. The van der Waals surface area contributed by atoms with E-state index >= 15 is 0 Å². The van der Waals surface area contributed by atoms with Gasteiger partial charge in [-0.05, 0) is 6.92 Å². The Kier molecular flexibility index (Phi) is 1.81. The second kappa shape index (κ2) is 2.85. The molecule has 4 nitrogen and oxygen atoms in total. The molecule has 0 aliphatic carbocycles. The average molecular weight is 194 g/mol. The summed E-state index contributed by atoms with van der Waals surface area (Å²) < 4.78 is 0. The molecule has 0 radical (unpaired) electrons. The standard InChI is InChI=1S/C8H10N4S/c1-4-12-7-6(10-2)5(9)3-11-8(7)13-4/h3H,9H2,1-2H3,(H,10,11). The molecule has 3 N–H and O–H groups in total. The van der Waals surface area contributed by atoms with Crippen LogP contribution in [0.25, 0.3) is 10.3 Å². The van der Waals surface area contributed by atoms with Crippen LogP contribution in [0.1, 0.15) is 5.01 Å². The lowest BCUT2D eigenvalue weighted by Crippen LogP contribution is -1.97. The number of anilines is 2. The first-order valence-electron chi connectivity index (χ1n) is 3.91. The zero-order valence-electron chi connectivity index (χ0n) is 7.46. The largest absolute Gasteiger partial charge is 0.396 e. The Balaban J connectivity index is 2.82. The van der Waals surface area contributed by atoms with Gasteiger partial charge in [-0.3, -0.25) is 0 Å². The fourth-order valence-corrected chi connectivity index (χ4v) is 2.03. The van der Waals surface area contributed by atoms with Gasteiger partial charge >= 0.3 is 0 Å². The van der Waals surface area contributed by atoms with Crippen LogP contribution in [0, 0.1) is 6.92 Å². The second-order valence-electron chi connectivity index (χ2n) is 2.73. The van der Waals surface area contributed by atoms with Crippen molar-refractivity contribution in [2.45, 2.75) is 6.92 Å². The van der Waals surface area contributed by atoms with Crippen molar-refractivity contribution in [1.29, 1.82) is 0 Å². The molecular weight excluding hydrogens is 184 g/mol. The van der Waals surface area contributed by atoms with Crippen LogP contribution in [0.4, 0.5) is 11.4 Å². The molecule has 0 fully saturated rings. The Bertz CT molecular complexity index is 449.